The molecule has 4 heteroatoms. The lowest BCUT2D eigenvalue weighted by molar-refractivity contribution is 0.217. The fraction of sp³-hybridized carbons (Fsp3) is 0.833. The van der Waals surface area contributed by atoms with Gasteiger partial charge >= 0.3 is 0 Å². The van der Waals surface area contributed by atoms with Crippen molar-refractivity contribution in [1.82, 2.24) is 4.90 Å². The van der Waals surface area contributed by atoms with Crippen LogP contribution in [0.5, 0.6) is 0 Å². The molecule has 1 heterocycles. The molecule has 58 valence electrons. The van der Waals surface area contributed by atoms with Crippen LogP contribution in [-0.2, 0) is 0 Å². The summed E-state index contributed by atoms with van der Waals surface area (Å²) in [6, 6.07) is 0. The van der Waals surface area contributed by atoms with Gasteiger partial charge in [0.1, 0.15) is 0 Å². The molecule has 1 atom stereocenters. The van der Waals surface area contributed by atoms with Crippen molar-refractivity contribution in [3.8, 4) is 0 Å². The molecule has 3 nitrogen and oxygen atoms in total. The van der Waals surface area contributed by atoms with Crippen LogP contribution < -0.4 is 0 Å². The summed E-state index contributed by atoms with van der Waals surface area (Å²) in [7, 11) is 0. The van der Waals surface area contributed by atoms with Crippen molar-refractivity contribution in [2.75, 3.05) is 19.7 Å². The smallest absolute Gasteiger partial charge is 0.283 e. The zero-order valence-corrected chi connectivity index (χ0v) is 7.74. The Balaban J connectivity index is 2.35. The maximum absolute atomic E-state index is 10.7. The van der Waals surface area contributed by atoms with Gasteiger partial charge in [-0.1, -0.05) is 0 Å². The number of likely N-dealkylation sites (tertiary alicyclic amines) is 1. The SMILES string of the molecule is O=C(I)N1CC[C@@H](CO)C1. The third-order valence-electron chi connectivity index (χ3n) is 1.79. The van der Waals surface area contributed by atoms with E-state index >= 15 is 0 Å². The number of amides is 1. The van der Waals surface area contributed by atoms with Crippen LogP contribution in [0.4, 0.5) is 4.79 Å². The van der Waals surface area contributed by atoms with Gasteiger partial charge in [-0.15, -0.1) is 0 Å². The highest BCUT2D eigenvalue weighted by molar-refractivity contribution is 14.1. The zero-order valence-electron chi connectivity index (χ0n) is 5.59. The molecular formula is C6H10INO2. The Morgan fingerprint density at radius 2 is 2.50 bits per heavy atom. The summed E-state index contributed by atoms with van der Waals surface area (Å²) in [6.45, 7) is 1.76. The van der Waals surface area contributed by atoms with Gasteiger partial charge in [0.05, 0.1) is 0 Å². The third-order valence-corrected chi connectivity index (χ3v) is 2.47. The van der Waals surface area contributed by atoms with E-state index in [-0.39, 0.29) is 10.5 Å². The summed E-state index contributed by atoms with van der Waals surface area (Å²) in [6.07, 6.45) is 0.950. The number of hydrogen-bond acceptors (Lipinski definition) is 2. The highest BCUT2D eigenvalue weighted by Crippen LogP contribution is 2.17. The molecule has 1 rings (SSSR count). The van der Waals surface area contributed by atoms with Gasteiger partial charge in [-0.3, -0.25) is 4.79 Å². The van der Waals surface area contributed by atoms with Gasteiger partial charge in [0.2, 0.25) is 0 Å². The lowest BCUT2D eigenvalue weighted by Crippen LogP contribution is -2.23. The lowest BCUT2D eigenvalue weighted by atomic mass is 10.1. The number of halogens is 1. The molecule has 1 saturated heterocycles. The van der Waals surface area contributed by atoms with Crippen molar-refractivity contribution in [2.24, 2.45) is 5.92 Å². The van der Waals surface area contributed by atoms with E-state index in [9.17, 15) is 4.79 Å². The van der Waals surface area contributed by atoms with Crippen LogP contribution in [0.15, 0.2) is 0 Å². The second kappa shape index (κ2) is 3.52. The molecule has 0 aromatic heterocycles. The van der Waals surface area contributed by atoms with E-state index in [1.165, 1.54) is 0 Å². The van der Waals surface area contributed by atoms with Crippen molar-refractivity contribution in [3.63, 3.8) is 0 Å². The number of carbonyl (C=O) groups excluding carboxylic acids is 1. The maximum atomic E-state index is 10.7. The molecular weight excluding hydrogens is 245 g/mol. The first-order valence-electron chi connectivity index (χ1n) is 3.29. The van der Waals surface area contributed by atoms with Crippen molar-refractivity contribution >= 4 is 26.5 Å². The van der Waals surface area contributed by atoms with Crippen LogP contribution in [0.2, 0.25) is 0 Å². The molecule has 0 aromatic carbocycles. The lowest BCUT2D eigenvalue weighted by Gasteiger charge is -2.10. The standard InChI is InChI=1S/C6H10INO2/c7-6(10)8-2-1-5(3-8)4-9/h5,9H,1-4H2/t5-/m1/s1. The van der Waals surface area contributed by atoms with Crippen LogP contribution in [0.3, 0.4) is 0 Å². The van der Waals surface area contributed by atoms with Crippen LogP contribution in [0.1, 0.15) is 6.42 Å². The van der Waals surface area contributed by atoms with Gasteiger partial charge in [0.25, 0.3) is 3.91 Å². The molecule has 0 aliphatic carbocycles. The summed E-state index contributed by atoms with van der Waals surface area (Å²) in [4.78, 5) is 12.5. The van der Waals surface area contributed by atoms with E-state index in [4.69, 9.17) is 5.11 Å². The summed E-state index contributed by atoms with van der Waals surface area (Å²) in [5, 5.41) is 8.73. The van der Waals surface area contributed by atoms with Crippen LogP contribution in [0.25, 0.3) is 0 Å². The average Bonchev–Trinajstić information content (AvgIpc) is 2.34. The normalized spacial score (nSPS) is 25.4. The van der Waals surface area contributed by atoms with Crippen LogP contribution in [-0.4, -0.2) is 33.6 Å². The Labute approximate surface area is 73.5 Å². The first-order chi connectivity index (χ1) is 4.74. The van der Waals surface area contributed by atoms with Gasteiger partial charge in [-0.25, -0.2) is 0 Å². The van der Waals surface area contributed by atoms with Crippen molar-refractivity contribution in [3.05, 3.63) is 0 Å². The van der Waals surface area contributed by atoms with Crippen molar-refractivity contribution in [2.45, 2.75) is 6.42 Å². The number of aliphatic hydroxyl groups is 1. The second-order valence-corrected chi connectivity index (χ2v) is 3.46. The Bertz CT molecular complexity index is 140. The van der Waals surface area contributed by atoms with Crippen molar-refractivity contribution < 1.29 is 9.90 Å². The van der Waals surface area contributed by atoms with Gasteiger partial charge < -0.3 is 10.0 Å². The Morgan fingerprint density at radius 3 is 2.80 bits per heavy atom. The molecule has 0 aromatic rings. The summed E-state index contributed by atoms with van der Waals surface area (Å²) < 4.78 is 0.0913. The first-order valence-corrected chi connectivity index (χ1v) is 4.37. The highest BCUT2D eigenvalue weighted by Gasteiger charge is 2.23. The highest BCUT2D eigenvalue weighted by atomic mass is 127. The molecule has 1 N–H and O–H groups in total. The average molecular weight is 255 g/mol. The molecule has 0 spiro atoms. The molecule has 0 radical (unpaired) electrons. The Kier molecular flexibility index (Phi) is 2.91. The van der Waals surface area contributed by atoms with Crippen LogP contribution in [0, 0.1) is 5.92 Å². The molecule has 1 fully saturated rings. The van der Waals surface area contributed by atoms with E-state index in [2.05, 4.69) is 0 Å². The topological polar surface area (TPSA) is 40.5 Å². The maximum Gasteiger partial charge on any atom is 0.283 e. The minimum atomic E-state index is 0.0913. The minimum absolute atomic E-state index is 0.0913. The Hall–Kier alpha value is 0.160. The number of nitrogens with zero attached hydrogens (tertiary/aromatic N) is 1. The molecule has 0 bridgehead atoms. The fourth-order valence-electron chi connectivity index (χ4n) is 1.14. The largest absolute Gasteiger partial charge is 0.396 e. The first kappa shape index (κ1) is 8.26. The number of hydrogen-bond donors (Lipinski definition) is 1. The fourth-order valence-corrected chi connectivity index (χ4v) is 1.58. The predicted molar refractivity (Wildman–Crippen MR) is 46.2 cm³/mol. The van der Waals surface area contributed by atoms with Gasteiger partial charge in [-0.05, 0) is 6.42 Å². The molecule has 0 saturated carbocycles. The van der Waals surface area contributed by atoms with E-state index < -0.39 is 0 Å². The summed E-state index contributed by atoms with van der Waals surface area (Å²) >= 11 is 1.78. The second-order valence-electron chi connectivity index (χ2n) is 2.54. The molecule has 1 amide bonds. The molecule has 1 aliphatic rings. The number of rotatable bonds is 1. The van der Waals surface area contributed by atoms with E-state index in [1.807, 2.05) is 0 Å². The molecule has 0 unspecified atom stereocenters. The van der Waals surface area contributed by atoms with Gasteiger partial charge in [0, 0.05) is 48.2 Å². The minimum Gasteiger partial charge on any atom is -0.396 e. The monoisotopic (exact) mass is 255 g/mol. The van der Waals surface area contributed by atoms with E-state index in [1.54, 1.807) is 27.5 Å². The van der Waals surface area contributed by atoms with E-state index in [0.29, 0.717) is 5.92 Å². The zero-order chi connectivity index (χ0) is 7.56. The Morgan fingerprint density at radius 1 is 1.80 bits per heavy atom. The predicted octanol–water partition coefficient (Wildman–Crippen LogP) is 0.856. The van der Waals surface area contributed by atoms with Crippen LogP contribution >= 0.6 is 22.6 Å². The molecule has 10 heavy (non-hydrogen) atoms. The number of aliphatic hydroxyl groups excluding tert-OH is 1. The quantitative estimate of drug-likeness (QED) is 0.429. The molecule has 1 aliphatic heterocycles. The third kappa shape index (κ3) is 1.82. The van der Waals surface area contributed by atoms with Crippen molar-refractivity contribution in [1.29, 1.82) is 0 Å². The number of carbonyl (C=O) groups is 1. The van der Waals surface area contributed by atoms with Gasteiger partial charge in [-0.2, -0.15) is 0 Å². The van der Waals surface area contributed by atoms with E-state index in [0.717, 1.165) is 19.5 Å². The summed E-state index contributed by atoms with van der Waals surface area (Å²) in [5.41, 5.74) is 0. The summed E-state index contributed by atoms with van der Waals surface area (Å²) in [5.74, 6) is 0.318. The van der Waals surface area contributed by atoms with Gasteiger partial charge in [0.15, 0.2) is 0 Å².